The third-order valence-electron chi connectivity index (χ3n) is 4.55. The van der Waals surface area contributed by atoms with Gasteiger partial charge in [-0.2, -0.15) is 0 Å². The molecule has 1 saturated carbocycles. The van der Waals surface area contributed by atoms with Gasteiger partial charge in [0.25, 0.3) is 0 Å². The first-order chi connectivity index (χ1) is 8.93. The van der Waals surface area contributed by atoms with Crippen molar-refractivity contribution in [1.82, 2.24) is 5.32 Å². The third kappa shape index (κ3) is 1.79. The molecule has 2 aliphatic rings. The zero-order valence-corrected chi connectivity index (χ0v) is 11.6. The SMILES string of the molecule is Cc1ccc(C2C(=O)NC(C)(C3CC3)C2=O)c(C)c1. The van der Waals surface area contributed by atoms with Crippen molar-refractivity contribution in [2.75, 3.05) is 0 Å². The molecule has 1 aliphatic carbocycles. The zero-order valence-electron chi connectivity index (χ0n) is 11.6. The number of Topliss-reactive ketones (excluding diaryl/α,β-unsaturated/α-hetero) is 1. The highest BCUT2D eigenvalue weighted by Crippen LogP contribution is 2.45. The van der Waals surface area contributed by atoms with E-state index in [1.54, 1.807) is 0 Å². The lowest BCUT2D eigenvalue weighted by Crippen LogP contribution is -2.45. The van der Waals surface area contributed by atoms with Gasteiger partial charge in [0, 0.05) is 0 Å². The van der Waals surface area contributed by atoms with Crippen LogP contribution in [0.2, 0.25) is 0 Å². The smallest absolute Gasteiger partial charge is 0.235 e. The number of hydrogen-bond acceptors (Lipinski definition) is 2. The first kappa shape index (κ1) is 12.4. The fourth-order valence-electron chi connectivity index (χ4n) is 3.20. The van der Waals surface area contributed by atoms with Crippen molar-refractivity contribution in [2.45, 2.75) is 45.1 Å². The summed E-state index contributed by atoms with van der Waals surface area (Å²) in [6.45, 7) is 5.87. The van der Waals surface area contributed by atoms with Gasteiger partial charge in [0.2, 0.25) is 5.91 Å². The Kier molecular flexibility index (Phi) is 2.56. The van der Waals surface area contributed by atoms with Crippen LogP contribution >= 0.6 is 0 Å². The summed E-state index contributed by atoms with van der Waals surface area (Å²) in [5, 5.41) is 2.94. The van der Waals surface area contributed by atoms with E-state index in [9.17, 15) is 9.59 Å². The summed E-state index contributed by atoms with van der Waals surface area (Å²) in [6.07, 6.45) is 2.09. The van der Waals surface area contributed by atoms with E-state index in [4.69, 9.17) is 0 Å². The van der Waals surface area contributed by atoms with Crippen LogP contribution in [0.25, 0.3) is 0 Å². The number of amides is 1. The summed E-state index contributed by atoms with van der Waals surface area (Å²) >= 11 is 0. The second-order valence-electron chi connectivity index (χ2n) is 6.12. The van der Waals surface area contributed by atoms with E-state index in [0.717, 1.165) is 29.5 Å². The van der Waals surface area contributed by atoms with Crippen molar-refractivity contribution in [1.29, 1.82) is 0 Å². The summed E-state index contributed by atoms with van der Waals surface area (Å²) in [6, 6.07) is 5.92. The van der Waals surface area contributed by atoms with Gasteiger partial charge in [0.15, 0.2) is 5.78 Å². The fraction of sp³-hybridized carbons (Fsp3) is 0.500. The Morgan fingerprint density at radius 3 is 2.47 bits per heavy atom. The second-order valence-corrected chi connectivity index (χ2v) is 6.12. The van der Waals surface area contributed by atoms with Crippen LogP contribution in [-0.2, 0) is 9.59 Å². The highest BCUT2D eigenvalue weighted by molar-refractivity contribution is 6.17. The Hall–Kier alpha value is -1.64. The molecule has 1 aromatic carbocycles. The minimum Gasteiger partial charge on any atom is -0.343 e. The van der Waals surface area contributed by atoms with Gasteiger partial charge in [-0.1, -0.05) is 23.8 Å². The number of benzene rings is 1. The third-order valence-corrected chi connectivity index (χ3v) is 4.55. The second kappa shape index (κ2) is 3.92. The Morgan fingerprint density at radius 1 is 1.21 bits per heavy atom. The van der Waals surface area contributed by atoms with E-state index in [1.165, 1.54) is 0 Å². The monoisotopic (exact) mass is 257 g/mol. The van der Waals surface area contributed by atoms with Gasteiger partial charge in [-0.15, -0.1) is 0 Å². The lowest BCUT2D eigenvalue weighted by atomic mass is 9.83. The van der Waals surface area contributed by atoms with Gasteiger partial charge in [-0.3, -0.25) is 9.59 Å². The molecule has 19 heavy (non-hydrogen) atoms. The minimum absolute atomic E-state index is 0.0481. The normalized spacial score (nSPS) is 30.6. The van der Waals surface area contributed by atoms with Crippen molar-refractivity contribution in [3.63, 3.8) is 0 Å². The lowest BCUT2D eigenvalue weighted by Gasteiger charge is -2.21. The van der Waals surface area contributed by atoms with Crippen LogP contribution in [0.3, 0.4) is 0 Å². The number of hydrogen-bond donors (Lipinski definition) is 1. The maximum atomic E-state index is 12.7. The standard InChI is InChI=1S/C16H19NO2/c1-9-4-7-12(10(2)8-9)13-14(18)16(3,11-5-6-11)17-15(13)19/h4,7-8,11,13H,5-6H2,1-3H3,(H,17,19). The van der Waals surface area contributed by atoms with E-state index in [-0.39, 0.29) is 11.7 Å². The summed E-state index contributed by atoms with van der Waals surface area (Å²) in [7, 11) is 0. The van der Waals surface area contributed by atoms with E-state index in [2.05, 4.69) is 5.32 Å². The van der Waals surface area contributed by atoms with E-state index in [0.29, 0.717) is 5.92 Å². The minimum atomic E-state index is -0.640. The molecule has 0 aromatic heterocycles. The van der Waals surface area contributed by atoms with E-state index < -0.39 is 11.5 Å². The van der Waals surface area contributed by atoms with E-state index in [1.807, 2.05) is 39.0 Å². The van der Waals surface area contributed by atoms with Crippen LogP contribution in [-0.4, -0.2) is 17.2 Å². The number of ketones is 1. The Labute approximate surface area is 113 Å². The van der Waals surface area contributed by atoms with Crippen LogP contribution in [0.4, 0.5) is 0 Å². The van der Waals surface area contributed by atoms with Crippen LogP contribution in [0.5, 0.6) is 0 Å². The molecular weight excluding hydrogens is 238 g/mol. The van der Waals surface area contributed by atoms with Crippen molar-refractivity contribution in [3.05, 3.63) is 34.9 Å². The average Bonchev–Trinajstić information content (AvgIpc) is 3.13. The van der Waals surface area contributed by atoms with Crippen molar-refractivity contribution in [2.24, 2.45) is 5.92 Å². The van der Waals surface area contributed by atoms with Crippen LogP contribution in [0.15, 0.2) is 18.2 Å². The van der Waals surface area contributed by atoms with Gasteiger partial charge in [-0.25, -0.2) is 0 Å². The molecule has 0 radical (unpaired) electrons. The van der Waals surface area contributed by atoms with Crippen LogP contribution in [0.1, 0.15) is 42.4 Å². The van der Waals surface area contributed by atoms with Crippen LogP contribution < -0.4 is 5.32 Å². The molecule has 1 aromatic rings. The van der Waals surface area contributed by atoms with Gasteiger partial charge in [0.1, 0.15) is 5.92 Å². The Balaban J connectivity index is 2.01. The Bertz CT molecular complexity index is 574. The topological polar surface area (TPSA) is 46.2 Å². The highest BCUT2D eigenvalue weighted by atomic mass is 16.2. The summed E-state index contributed by atoms with van der Waals surface area (Å²) in [5.74, 6) is -0.371. The number of aryl methyl sites for hydroxylation is 2. The van der Waals surface area contributed by atoms with Crippen LogP contribution in [0, 0.1) is 19.8 Å². The molecular formula is C16H19NO2. The maximum absolute atomic E-state index is 12.7. The molecule has 0 bridgehead atoms. The summed E-state index contributed by atoms with van der Waals surface area (Å²) in [4.78, 5) is 24.9. The van der Waals surface area contributed by atoms with Gasteiger partial charge < -0.3 is 5.32 Å². The molecule has 3 nitrogen and oxygen atoms in total. The molecule has 0 spiro atoms. The molecule has 2 unspecified atom stereocenters. The van der Waals surface area contributed by atoms with E-state index >= 15 is 0 Å². The predicted octanol–water partition coefficient (Wildman–Crippen LogP) is 2.25. The first-order valence-corrected chi connectivity index (χ1v) is 6.87. The molecule has 100 valence electrons. The molecule has 2 atom stereocenters. The zero-order chi connectivity index (χ0) is 13.8. The molecule has 1 N–H and O–H groups in total. The molecule has 1 saturated heterocycles. The molecule has 1 aliphatic heterocycles. The maximum Gasteiger partial charge on any atom is 0.235 e. The lowest BCUT2D eigenvalue weighted by molar-refractivity contribution is -0.125. The molecule has 1 heterocycles. The quantitative estimate of drug-likeness (QED) is 0.826. The summed E-state index contributed by atoms with van der Waals surface area (Å²) in [5.41, 5.74) is 2.39. The van der Waals surface area contributed by atoms with Gasteiger partial charge >= 0.3 is 0 Å². The van der Waals surface area contributed by atoms with Crippen molar-refractivity contribution >= 4 is 11.7 Å². The number of carbonyl (C=O) groups is 2. The average molecular weight is 257 g/mol. The summed E-state index contributed by atoms with van der Waals surface area (Å²) < 4.78 is 0. The number of nitrogens with one attached hydrogen (secondary N) is 1. The molecule has 2 fully saturated rings. The number of rotatable bonds is 2. The van der Waals surface area contributed by atoms with Gasteiger partial charge in [-0.05, 0) is 50.7 Å². The molecule has 3 rings (SSSR count). The Morgan fingerprint density at radius 2 is 1.89 bits per heavy atom. The number of carbonyl (C=O) groups excluding carboxylic acids is 2. The van der Waals surface area contributed by atoms with Crippen molar-refractivity contribution < 1.29 is 9.59 Å². The first-order valence-electron chi connectivity index (χ1n) is 6.87. The molecule has 3 heteroatoms. The highest BCUT2D eigenvalue weighted by Gasteiger charge is 2.57. The molecule has 1 amide bonds. The predicted molar refractivity (Wildman–Crippen MR) is 72.9 cm³/mol. The largest absolute Gasteiger partial charge is 0.343 e. The fourth-order valence-corrected chi connectivity index (χ4v) is 3.20. The van der Waals surface area contributed by atoms with Gasteiger partial charge in [0.05, 0.1) is 5.54 Å². The van der Waals surface area contributed by atoms with Crippen molar-refractivity contribution in [3.8, 4) is 0 Å².